The molecule has 4 aliphatic rings. The van der Waals surface area contributed by atoms with Crippen molar-refractivity contribution in [3.05, 3.63) is 198 Å². The van der Waals surface area contributed by atoms with Crippen molar-refractivity contribution in [2.24, 2.45) is 0 Å². The summed E-state index contributed by atoms with van der Waals surface area (Å²) < 4.78 is 15.4. The van der Waals surface area contributed by atoms with Gasteiger partial charge in [-0.05, 0) is 100 Å². The summed E-state index contributed by atoms with van der Waals surface area (Å²) in [5.74, 6) is 3.30. The molecule has 5 bridgehead atoms. The van der Waals surface area contributed by atoms with Gasteiger partial charge in [-0.3, -0.25) is 0 Å². The Kier molecular flexibility index (Phi) is 9.25. The van der Waals surface area contributed by atoms with E-state index in [1.807, 2.05) is 0 Å². The Bertz CT molecular complexity index is 2790. The molecule has 0 radical (unpaired) electrons. The number of fused-ring (bicyclic) bond motifs is 4. The van der Waals surface area contributed by atoms with Crippen LogP contribution < -0.4 is 9.47 Å². The average Bonchev–Trinajstić information content (AvgIpc) is 3.31. The van der Waals surface area contributed by atoms with Crippen molar-refractivity contribution in [2.45, 2.75) is 142 Å². The molecule has 0 saturated carbocycles. The van der Waals surface area contributed by atoms with Crippen LogP contribution in [-0.2, 0) is 40.9 Å². The van der Waals surface area contributed by atoms with Gasteiger partial charge in [0.1, 0.15) is 23.4 Å². The van der Waals surface area contributed by atoms with E-state index in [0.717, 1.165) is 42.1 Å². The van der Waals surface area contributed by atoms with Gasteiger partial charge in [-0.15, -0.1) is 0 Å². The van der Waals surface area contributed by atoms with Crippen molar-refractivity contribution in [1.29, 1.82) is 0 Å². The minimum Gasteiger partial charge on any atom is -0.484 e. The van der Waals surface area contributed by atoms with Crippen LogP contribution in [0.3, 0.4) is 0 Å². The molecule has 2 nitrogen and oxygen atoms in total. The number of benzene rings is 6. The van der Waals surface area contributed by atoms with Crippen LogP contribution in [-0.4, -0.2) is 0 Å². The summed E-state index contributed by atoms with van der Waals surface area (Å²) in [5, 5.41) is 0. The normalized spacial score (nSPS) is 19.5. The molecule has 3 heterocycles. The van der Waals surface area contributed by atoms with Gasteiger partial charge in [-0.25, -0.2) is 0 Å². The van der Waals surface area contributed by atoms with Crippen LogP contribution >= 0.6 is 0 Å². The maximum absolute atomic E-state index is 7.77. The summed E-state index contributed by atoms with van der Waals surface area (Å²) in [6.45, 7) is 28.3. The van der Waals surface area contributed by atoms with E-state index in [-0.39, 0.29) is 39.6 Å². The van der Waals surface area contributed by atoms with Gasteiger partial charge in [0.05, 0.1) is 0 Å². The van der Waals surface area contributed by atoms with Gasteiger partial charge in [-0.1, -0.05) is 192 Å². The summed E-state index contributed by atoms with van der Waals surface area (Å²) in [4.78, 5) is 0. The first-order valence-electron chi connectivity index (χ1n) is 23.1. The second-order valence-electron chi connectivity index (χ2n) is 23.0. The third kappa shape index (κ3) is 6.93. The van der Waals surface area contributed by atoms with Crippen LogP contribution in [0, 0.1) is 0 Å². The average molecular weight is 817 g/mol. The van der Waals surface area contributed by atoms with Gasteiger partial charge in [0.2, 0.25) is 0 Å². The van der Waals surface area contributed by atoms with Gasteiger partial charge < -0.3 is 9.47 Å². The van der Waals surface area contributed by atoms with E-state index >= 15 is 0 Å². The predicted molar refractivity (Wildman–Crippen MR) is 258 cm³/mol. The van der Waals surface area contributed by atoms with Crippen LogP contribution in [0.5, 0.6) is 11.5 Å². The molecule has 0 fully saturated rings. The Labute approximate surface area is 371 Å². The highest BCUT2D eigenvalue weighted by Crippen LogP contribution is 2.63. The second-order valence-corrected chi connectivity index (χ2v) is 23.0. The zero-order valence-electron chi connectivity index (χ0n) is 39.1. The van der Waals surface area contributed by atoms with E-state index in [4.69, 9.17) is 9.47 Å². The molecule has 6 aromatic carbocycles. The second kappa shape index (κ2) is 14.1. The molecular formula is C60H64O2. The summed E-state index contributed by atoms with van der Waals surface area (Å²) in [6.07, 6.45) is 4.44. The molecule has 0 saturated heterocycles. The van der Waals surface area contributed by atoms with Crippen LogP contribution in [0.4, 0.5) is 0 Å². The molecule has 62 heavy (non-hydrogen) atoms. The number of rotatable bonds is 2. The number of hydrogen-bond acceptors (Lipinski definition) is 2. The van der Waals surface area contributed by atoms with E-state index in [0.29, 0.717) is 0 Å². The quantitative estimate of drug-likeness (QED) is 0.173. The van der Waals surface area contributed by atoms with Crippen LogP contribution in [0.25, 0.3) is 11.8 Å². The Morgan fingerprint density at radius 3 is 1.44 bits per heavy atom. The fourth-order valence-corrected chi connectivity index (χ4v) is 10.7. The minimum absolute atomic E-state index is 0.0541. The smallest absolute Gasteiger partial charge is 0.135 e. The largest absolute Gasteiger partial charge is 0.484 e. The lowest BCUT2D eigenvalue weighted by molar-refractivity contribution is 0.157. The van der Waals surface area contributed by atoms with Gasteiger partial charge in [0.25, 0.3) is 0 Å². The van der Waals surface area contributed by atoms with E-state index in [1.54, 1.807) is 0 Å². The summed E-state index contributed by atoms with van der Waals surface area (Å²) in [5.41, 5.74) is 20.7. The number of hydrogen-bond donors (Lipinski definition) is 0. The van der Waals surface area contributed by atoms with Crippen molar-refractivity contribution >= 4 is 11.8 Å². The molecule has 6 aromatic rings. The lowest BCUT2D eigenvalue weighted by atomic mass is 9.74. The molecule has 0 amide bonds. The highest BCUT2D eigenvalue weighted by Gasteiger charge is 2.51. The molecule has 0 N–H and O–H groups in total. The molecule has 3 atom stereocenters. The van der Waals surface area contributed by atoms with Crippen molar-refractivity contribution in [3.8, 4) is 11.5 Å². The van der Waals surface area contributed by atoms with Gasteiger partial charge in [-0.2, -0.15) is 0 Å². The van der Waals surface area contributed by atoms with E-state index < -0.39 is 0 Å². The molecular weight excluding hydrogens is 753 g/mol. The molecule has 3 aliphatic heterocycles. The third-order valence-corrected chi connectivity index (χ3v) is 14.3. The lowest BCUT2D eigenvalue weighted by Gasteiger charge is -2.36. The Balaban J connectivity index is 1.37. The standard InChI is InChI=1S/C60H64O2/c1-57(2,3)43-27-37-24-40-30-44(58(4,5)6)31-41-26-39-29-45(59(7,8)9)33-47-51(39)56-52(36-21-17-14-18-22-36)53(47)48-34-46(60(10,11)12)32-42(55(48)62-56)25-38(28-43)50(37)49(61-54(40)41)23-35-19-15-13-16-20-35/h13-23,27-34,52-53,56H,24-26H2,1-12H3. The first-order valence-corrected chi connectivity index (χ1v) is 23.1. The Morgan fingerprint density at radius 1 is 0.468 bits per heavy atom. The highest BCUT2D eigenvalue weighted by molar-refractivity contribution is 5.84. The minimum atomic E-state index is -0.125. The van der Waals surface area contributed by atoms with Gasteiger partial charge >= 0.3 is 0 Å². The Morgan fingerprint density at radius 2 is 0.903 bits per heavy atom. The van der Waals surface area contributed by atoms with Crippen LogP contribution in [0.2, 0.25) is 0 Å². The van der Waals surface area contributed by atoms with Crippen molar-refractivity contribution < 1.29 is 9.47 Å². The molecule has 316 valence electrons. The fraction of sp³-hybridized carbons (Fsp3) is 0.367. The van der Waals surface area contributed by atoms with Crippen LogP contribution in [0.1, 0.15) is 190 Å². The third-order valence-electron chi connectivity index (χ3n) is 14.3. The van der Waals surface area contributed by atoms with Gasteiger partial charge in [0.15, 0.2) is 0 Å². The number of ether oxygens (including phenoxy) is 2. The zero-order chi connectivity index (χ0) is 43.7. The topological polar surface area (TPSA) is 18.5 Å². The van der Waals surface area contributed by atoms with Crippen molar-refractivity contribution in [3.63, 3.8) is 0 Å². The maximum atomic E-state index is 7.77. The lowest BCUT2D eigenvalue weighted by Crippen LogP contribution is -2.25. The van der Waals surface area contributed by atoms with Crippen LogP contribution in [0.15, 0.2) is 109 Å². The van der Waals surface area contributed by atoms with Crippen molar-refractivity contribution in [2.75, 3.05) is 0 Å². The fourth-order valence-electron chi connectivity index (χ4n) is 10.7. The maximum Gasteiger partial charge on any atom is 0.135 e. The summed E-state index contributed by atoms with van der Waals surface area (Å²) in [6, 6.07) is 42.0. The molecule has 2 heteroatoms. The molecule has 0 spiro atoms. The molecule has 3 unspecified atom stereocenters. The zero-order valence-corrected chi connectivity index (χ0v) is 39.1. The first kappa shape index (κ1) is 40.7. The first-order chi connectivity index (χ1) is 29.2. The summed E-state index contributed by atoms with van der Waals surface area (Å²) in [7, 11) is 0. The SMILES string of the molecule is CC(C)(C)c1cc2c3c(c1)Cc1cc(C(C)(C)C)cc4c1C1Oc5c(cc(C(C)(C)C)cc5C4C1c1ccccc1)Cc1cc(C(C)(C)C)cc(c1C(=Cc1ccccc1)O3)C2. The van der Waals surface area contributed by atoms with E-state index in [2.05, 4.69) is 198 Å². The Hall–Kier alpha value is -5.34. The highest BCUT2D eigenvalue weighted by atomic mass is 16.5. The van der Waals surface area contributed by atoms with E-state index in [1.165, 1.54) is 83.5 Å². The van der Waals surface area contributed by atoms with E-state index in [9.17, 15) is 0 Å². The molecule has 0 aromatic heterocycles. The van der Waals surface area contributed by atoms with Gasteiger partial charge in [0, 0.05) is 47.8 Å². The molecule has 10 rings (SSSR count). The monoisotopic (exact) mass is 816 g/mol. The van der Waals surface area contributed by atoms with Crippen molar-refractivity contribution in [1.82, 2.24) is 0 Å². The molecule has 1 aliphatic carbocycles. The summed E-state index contributed by atoms with van der Waals surface area (Å²) >= 11 is 0. The predicted octanol–water partition coefficient (Wildman–Crippen LogP) is 15.2.